The molecule has 0 aliphatic heterocycles. The Bertz CT molecular complexity index is 605. The molecule has 0 radical (unpaired) electrons. The molecule has 3 heteroatoms. The smallest absolute Gasteiger partial charge is 0.137 e. The predicted molar refractivity (Wildman–Crippen MR) is 84.1 cm³/mol. The van der Waals surface area contributed by atoms with Crippen LogP contribution in [0.1, 0.15) is 23.1 Å². The number of halogens is 1. The van der Waals surface area contributed by atoms with Crippen molar-refractivity contribution in [3.63, 3.8) is 0 Å². The summed E-state index contributed by atoms with van der Waals surface area (Å²) in [5.41, 5.74) is 9.51. The Morgan fingerprint density at radius 1 is 1.15 bits per heavy atom. The fraction of sp³-hybridized carbons (Fsp3) is 0.235. The number of carbonyl (C=O) groups excluding carboxylic acids is 1. The number of benzene rings is 2. The Hall–Kier alpha value is -1.80. The van der Waals surface area contributed by atoms with Crippen LogP contribution >= 0.6 is 11.6 Å². The number of carbonyl (C=O) groups is 1. The van der Waals surface area contributed by atoms with Crippen LogP contribution in [0.4, 0.5) is 5.69 Å². The summed E-state index contributed by atoms with van der Waals surface area (Å²) < 4.78 is 0. The molecular weight excluding hydrogens is 270 g/mol. The molecular formula is C17H18ClNO. The quantitative estimate of drug-likeness (QED) is 0.846. The van der Waals surface area contributed by atoms with Crippen molar-refractivity contribution in [2.75, 3.05) is 5.73 Å². The molecule has 0 atom stereocenters. The molecule has 2 aromatic rings. The highest BCUT2D eigenvalue weighted by Crippen LogP contribution is 2.19. The van der Waals surface area contributed by atoms with Crippen LogP contribution in [-0.2, 0) is 17.6 Å². The van der Waals surface area contributed by atoms with Crippen LogP contribution in [0.15, 0.2) is 42.5 Å². The highest BCUT2D eigenvalue weighted by molar-refractivity contribution is 6.31. The average molecular weight is 288 g/mol. The average Bonchev–Trinajstić information content (AvgIpc) is 2.41. The van der Waals surface area contributed by atoms with Gasteiger partial charge in [0, 0.05) is 23.6 Å². The van der Waals surface area contributed by atoms with Crippen molar-refractivity contribution >= 4 is 23.1 Å². The Kier molecular flexibility index (Phi) is 4.80. The van der Waals surface area contributed by atoms with E-state index in [0.717, 1.165) is 28.8 Å². The van der Waals surface area contributed by atoms with Gasteiger partial charge in [-0.05, 0) is 48.2 Å². The van der Waals surface area contributed by atoms with Crippen LogP contribution in [0.2, 0.25) is 5.02 Å². The monoisotopic (exact) mass is 287 g/mol. The van der Waals surface area contributed by atoms with E-state index in [2.05, 4.69) is 0 Å². The van der Waals surface area contributed by atoms with E-state index in [1.54, 1.807) is 0 Å². The third kappa shape index (κ3) is 4.10. The van der Waals surface area contributed by atoms with Crippen molar-refractivity contribution in [2.45, 2.75) is 26.2 Å². The summed E-state index contributed by atoms with van der Waals surface area (Å²) in [6, 6.07) is 13.4. The number of ketones is 1. The molecule has 0 aliphatic carbocycles. The molecule has 0 aliphatic rings. The summed E-state index contributed by atoms with van der Waals surface area (Å²) in [4.78, 5) is 12.0. The fourth-order valence-electron chi connectivity index (χ4n) is 2.06. The van der Waals surface area contributed by atoms with Gasteiger partial charge in [-0.2, -0.15) is 0 Å². The number of nitrogen functional groups attached to an aromatic ring is 1. The van der Waals surface area contributed by atoms with Gasteiger partial charge in [0.05, 0.1) is 0 Å². The van der Waals surface area contributed by atoms with E-state index in [1.807, 2.05) is 49.4 Å². The highest BCUT2D eigenvalue weighted by Gasteiger charge is 2.08. The van der Waals surface area contributed by atoms with Crippen LogP contribution in [0, 0.1) is 6.92 Å². The molecule has 2 rings (SSSR count). The topological polar surface area (TPSA) is 43.1 Å². The second-order valence-electron chi connectivity index (χ2n) is 5.05. The van der Waals surface area contributed by atoms with Crippen LogP contribution < -0.4 is 5.73 Å². The van der Waals surface area contributed by atoms with E-state index in [1.165, 1.54) is 0 Å². The van der Waals surface area contributed by atoms with Crippen molar-refractivity contribution < 1.29 is 4.79 Å². The minimum atomic E-state index is 0.201. The predicted octanol–water partition coefficient (Wildman–Crippen LogP) is 3.98. The molecule has 2 nitrogen and oxygen atoms in total. The van der Waals surface area contributed by atoms with Gasteiger partial charge in [0.15, 0.2) is 0 Å². The van der Waals surface area contributed by atoms with E-state index >= 15 is 0 Å². The van der Waals surface area contributed by atoms with Gasteiger partial charge in [-0.3, -0.25) is 4.79 Å². The van der Waals surface area contributed by atoms with Crippen LogP contribution in [0.3, 0.4) is 0 Å². The van der Waals surface area contributed by atoms with Crippen molar-refractivity contribution in [1.29, 1.82) is 0 Å². The summed E-state index contributed by atoms with van der Waals surface area (Å²) in [6.07, 6.45) is 1.66. The van der Waals surface area contributed by atoms with Gasteiger partial charge in [0.2, 0.25) is 0 Å². The summed E-state index contributed by atoms with van der Waals surface area (Å²) in [5.74, 6) is 0.201. The summed E-state index contributed by atoms with van der Waals surface area (Å²) >= 11 is 6.14. The van der Waals surface area contributed by atoms with E-state index in [-0.39, 0.29) is 5.78 Å². The number of hydrogen-bond acceptors (Lipinski definition) is 2. The molecule has 20 heavy (non-hydrogen) atoms. The minimum absolute atomic E-state index is 0.201. The van der Waals surface area contributed by atoms with Gasteiger partial charge in [0.1, 0.15) is 5.78 Å². The number of anilines is 1. The molecule has 2 aromatic carbocycles. The lowest BCUT2D eigenvalue weighted by atomic mass is 10.0. The van der Waals surface area contributed by atoms with Crippen LogP contribution in [-0.4, -0.2) is 5.78 Å². The first-order valence-electron chi connectivity index (χ1n) is 6.66. The summed E-state index contributed by atoms with van der Waals surface area (Å²) in [5, 5.41) is 0.672. The summed E-state index contributed by atoms with van der Waals surface area (Å²) in [7, 11) is 0. The Morgan fingerprint density at radius 2 is 1.85 bits per heavy atom. The second kappa shape index (κ2) is 6.58. The summed E-state index contributed by atoms with van der Waals surface area (Å²) in [6.45, 7) is 1.98. The van der Waals surface area contributed by atoms with Crippen molar-refractivity contribution in [2.24, 2.45) is 0 Å². The van der Waals surface area contributed by atoms with Gasteiger partial charge in [0.25, 0.3) is 0 Å². The molecule has 0 heterocycles. The molecule has 0 spiro atoms. The van der Waals surface area contributed by atoms with E-state index in [0.29, 0.717) is 17.9 Å². The molecule has 0 bridgehead atoms. The number of rotatable bonds is 5. The molecule has 0 saturated heterocycles. The van der Waals surface area contributed by atoms with Crippen molar-refractivity contribution in [3.8, 4) is 0 Å². The second-order valence-corrected chi connectivity index (χ2v) is 5.46. The van der Waals surface area contributed by atoms with Crippen molar-refractivity contribution in [3.05, 3.63) is 64.2 Å². The van der Waals surface area contributed by atoms with Gasteiger partial charge < -0.3 is 5.73 Å². The van der Waals surface area contributed by atoms with Gasteiger partial charge in [-0.1, -0.05) is 35.9 Å². The number of nitrogens with two attached hydrogens (primary N) is 1. The molecule has 0 fully saturated rings. The third-order valence-electron chi connectivity index (χ3n) is 3.27. The maximum Gasteiger partial charge on any atom is 0.137 e. The number of aryl methyl sites for hydroxylation is 2. The molecule has 2 N–H and O–H groups in total. The zero-order chi connectivity index (χ0) is 14.5. The Morgan fingerprint density at radius 3 is 2.50 bits per heavy atom. The van der Waals surface area contributed by atoms with Crippen LogP contribution in [0.25, 0.3) is 0 Å². The molecule has 104 valence electrons. The zero-order valence-corrected chi connectivity index (χ0v) is 12.3. The molecule has 0 amide bonds. The van der Waals surface area contributed by atoms with Crippen LogP contribution in [0.5, 0.6) is 0 Å². The van der Waals surface area contributed by atoms with Gasteiger partial charge >= 0.3 is 0 Å². The minimum Gasteiger partial charge on any atom is -0.399 e. The normalized spacial score (nSPS) is 10.5. The van der Waals surface area contributed by atoms with E-state index in [4.69, 9.17) is 17.3 Å². The molecule has 0 unspecified atom stereocenters. The largest absolute Gasteiger partial charge is 0.399 e. The number of Topliss-reactive ketones (excluding diaryl/α,β-unsaturated/α-hetero) is 1. The molecule has 0 saturated carbocycles. The van der Waals surface area contributed by atoms with E-state index < -0.39 is 0 Å². The first-order valence-corrected chi connectivity index (χ1v) is 7.03. The SMILES string of the molecule is Cc1ccc(CC(=O)CCc2ccc(N)cc2)c(Cl)c1. The van der Waals surface area contributed by atoms with Gasteiger partial charge in [-0.25, -0.2) is 0 Å². The zero-order valence-electron chi connectivity index (χ0n) is 11.5. The lowest BCUT2D eigenvalue weighted by Crippen LogP contribution is -2.05. The highest BCUT2D eigenvalue weighted by atomic mass is 35.5. The van der Waals surface area contributed by atoms with Crippen molar-refractivity contribution in [1.82, 2.24) is 0 Å². The lowest BCUT2D eigenvalue weighted by Gasteiger charge is -2.05. The maximum atomic E-state index is 12.0. The first kappa shape index (κ1) is 14.6. The lowest BCUT2D eigenvalue weighted by molar-refractivity contribution is -0.118. The Balaban J connectivity index is 1.90. The Labute approximate surface area is 124 Å². The van der Waals surface area contributed by atoms with Gasteiger partial charge in [-0.15, -0.1) is 0 Å². The number of hydrogen-bond donors (Lipinski definition) is 1. The maximum absolute atomic E-state index is 12.0. The van der Waals surface area contributed by atoms with E-state index in [9.17, 15) is 4.79 Å². The fourth-order valence-corrected chi connectivity index (χ4v) is 2.37. The molecule has 0 aromatic heterocycles. The standard InChI is InChI=1S/C17H18ClNO/c1-12-2-6-14(17(18)10-12)11-16(20)9-5-13-3-7-15(19)8-4-13/h2-4,6-8,10H,5,9,11,19H2,1H3. The first-order chi connectivity index (χ1) is 9.54. The third-order valence-corrected chi connectivity index (χ3v) is 3.62.